The van der Waals surface area contributed by atoms with E-state index in [1.807, 2.05) is 24.3 Å². The monoisotopic (exact) mass is 246 g/mol. The average molecular weight is 246 g/mol. The van der Waals surface area contributed by atoms with Gasteiger partial charge in [0.15, 0.2) is 0 Å². The summed E-state index contributed by atoms with van der Waals surface area (Å²) in [4.78, 5) is 0. The van der Waals surface area contributed by atoms with Gasteiger partial charge in [0.05, 0.1) is 12.7 Å². The first-order valence-corrected chi connectivity index (χ1v) is 6.42. The lowest BCUT2D eigenvalue weighted by molar-refractivity contribution is 0.0237. The molecule has 1 unspecified atom stereocenters. The fourth-order valence-electron chi connectivity index (χ4n) is 2.23. The highest BCUT2D eigenvalue weighted by atomic mass is 16.5. The summed E-state index contributed by atoms with van der Waals surface area (Å²) in [6, 6.07) is 7.83. The maximum Gasteiger partial charge on any atom is 0.119 e. The van der Waals surface area contributed by atoms with Gasteiger partial charge in [-0.2, -0.15) is 0 Å². The van der Waals surface area contributed by atoms with Gasteiger partial charge in [-0.05, 0) is 30.5 Å². The van der Waals surface area contributed by atoms with Crippen molar-refractivity contribution in [1.82, 2.24) is 0 Å². The van der Waals surface area contributed by atoms with Gasteiger partial charge >= 0.3 is 0 Å². The topological polar surface area (TPSA) is 29.5 Å². The Morgan fingerprint density at radius 2 is 2.17 bits per heavy atom. The SMILES string of the molecule is C#CCCC(O)(CCC)Cc1cccc(OC)c1. The zero-order valence-corrected chi connectivity index (χ0v) is 11.3. The van der Waals surface area contributed by atoms with Crippen LogP contribution in [0.25, 0.3) is 0 Å². The van der Waals surface area contributed by atoms with Gasteiger partial charge < -0.3 is 9.84 Å². The van der Waals surface area contributed by atoms with Crippen molar-refractivity contribution < 1.29 is 9.84 Å². The second-order valence-corrected chi connectivity index (χ2v) is 4.71. The standard InChI is InChI=1S/C16H22O2/c1-4-6-11-16(17,10-5-2)13-14-8-7-9-15(12-14)18-3/h1,7-9,12,17H,5-6,10-11,13H2,2-3H3. The van der Waals surface area contributed by atoms with Gasteiger partial charge in [0.2, 0.25) is 0 Å². The summed E-state index contributed by atoms with van der Waals surface area (Å²) in [6.45, 7) is 2.08. The van der Waals surface area contributed by atoms with Crippen LogP contribution in [0, 0.1) is 12.3 Å². The van der Waals surface area contributed by atoms with Crippen LogP contribution in [0.1, 0.15) is 38.2 Å². The quantitative estimate of drug-likeness (QED) is 0.749. The van der Waals surface area contributed by atoms with Crippen molar-refractivity contribution in [2.75, 3.05) is 7.11 Å². The Hall–Kier alpha value is -1.46. The van der Waals surface area contributed by atoms with Crippen molar-refractivity contribution >= 4 is 0 Å². The van der Waals surface area contributed by atoms with E-state index in [-0.39, 0.29) is 0 Å². The summed E-state index contributed by atoms with van der Waals surface area (Å²) in [5, 5.41) is 10.6. The Kier molecular flexibility index (Phi) is 5.74. The van der Waals surface area contributed by atoms with Gasteiger partial charge in [0.25, 0.3) is 0 Å². The molecular weight excluding hydrogens is 224 g/mol. The van der Waals surface area contributed by atoms with E-state index in [4.69, 9.17) is 11.2 Å². The summed E-state index contributed by atoms with van der Waals surface area (Å²) < 4.78 is 5.20. The largest absolute Gasteiger partial charge is 0.497 e. The second-order valence-electron chi connectivity index (χ2n) is 4.71. The molecule has 0 aliphatic rings. The van der Waals surface area contributed by atoms with E-state index in [9.17, 15) is 5.11 Å². The van der Waals surface area contributed by atoms with E-state index in [2.05, 4.69) is 12.8 Å². The second kappa shape index (κ2) is 7.08. The predicted octanol–water partition coefficient (Wildman–Crippen LogP) is 3.18. The Bertz CT molecular complexity index is 406. The molecule has 1 aromatic carbocycles. The predicted molar refractivity (Wildman–Crippen MR) is 74.6 cm³/mol. The lowest BCUT2D eigenvalue weighted by Gasteiger charge is -2.27. The molecule has 1 rings (SSSR count). The van der Waals surface area contributed by atoms with Crippen molar-refractivity contribution in [1.29, 1.82) is 0 Å². The molecule has 0 saturated heterocycles. The Balaban J connectivity index is 2.78. The van der Waals surface area contributed by atoms with E-state index < -0.39 is 5.60 Å². The fraction of sp³-hybridized carbons (Fsp3) is 0.500. The number of hydrogen-bond donors (Lipinski definition) is 1. The Morgan fingerprint density at radius 1 is 1.39 bits per heavy atom. The summed E-state index contributed by atoms with van der Waals surface area (Å²) in [6.07, 6.45) is 8.89. The summed E-state index contributed by atoms with van der Waals surface area (Å²) in [7, 11) is 1.65. The maximum atomic E-state index is 10.6. The number of ether oxygens (including phenoxy) is 1. The smallest absolute Gasteiger partial charge is 0.119 e. The lowest BCUT2D eigenvalue weighted by Crippen LogP contribution is -2.31. The van der Waals surface area contributed by atoms with Gasteiger partial charge in [0, 0.05) is 12.8 Å². The van der Waals surface area contributed by atoms with Crippen LogP contribution in [0.15, 0.2) is 24.3 Å². The van der Waals surface area contributed by atoms with Gasteiger partial charge in [-0.15, -0.1) is 12.3 Å². The van der Waals surface area contributed by atoms with Crippen LogP contribution in [0.4, 0.5) is 0 Å². The zero-order chi connectivity index (χ0) is 13.4. The van der Waals surface area contributed by atoms with E-state index >= 15 is 0 Å². The first kappa shape index (κ1) is 14.6. The normalized spacial score (nSPS) is 13.7. The van der Waals surface area contributed by atoms with E-state index in [0.29, 0.717) is 19.3 Å². The van der Waals surface area contributed by atoms with Gasteiger partial charge in [-0.1, -0.05) is 25.5 Å². The van der Waals surface area contributed by atoms with Gasteiger partial charge in [0.1, 0.15) is 5.75 Å². The molecule has 0 radical (unpaired) electrons. The van der Waals surface area contributed by atoms with Crippen LogP contribution in [-0.2, 0) is 6.42 Å². The molecule has 0 aliphatic heterocycles. The first-order chi connectivity index (χ1) is 8.63. The number of terminal acetylenes is 1. The van der Waals surface area contributed by atoms with E-state index in [1.54, 1.807) is 7.11 Å². The molecule has 0 saturated carbocycles. The molecule has 18 heavy (non-hydrogen) atoms. The molecule has 1 aromatic rings. The van der Waals surface area contributed by atoms with Crippen LogP contribution in [0.5, 0.6) is 5.75 Å². The summed E-state index contributed by atoms with van der Waals surface area (Å²) in [5.74, 6) is 3.43. The van der Waals surface area contributed by atoms with Crippen LogP contribution in [0.3, 0.4) is 0 Å². The molecule has 0 bridgehead atoms. The minimum atomic E-state index is -0.701. The molecule has 0 spiro atoms. The third kappa shape index (κ3) is 4.43. The maximum absolute atomic E-state index is 10.6. The van der Waals surface area contributed by atoms with Gasteiger partial charge in [-0.25, -0.2) is 0 Å². The van der Waals surface area contributed by atoms with Crippen LogP contribution < -0.4 is 4.74 Å². The molecule has 1 atom stereocenters. The molecular formula is C16H22O2. The molecule has 98 valence electrons. The van der Waals surface area contributed by atoms with Crippen LogP contribution in [-0.4, -0.2) is 17.8 Å². The lowest BCUT2D eigenvalue weighted by atomic mass is 9.86. The fourth-order valence-corrected chi connectivity index (χ4v) is 2.23. The Labute approximate surface area is 110 Å². The first-order valence-electron chi connectivity index (χ1n) is 6.42. The highest BCUT2D eigenvalue weighted by Crippen LogP contribution is 2.26. The summed E-state index contributed by atoms with van der Waals surface area (Å²) >= 11 is 0. The van der Waals surface area contributed by atoms with Crippen molar-refractivity contribution in [3.8, 4) is 18.1 Å². The van der Waals surface area contributed by atoms with E-state index in [0.717, 1.165) is 24.2 Å². The highest BCUT2D eigenvalue weighted by molar-refractivity contribution is 5.29. The van der Waals surface area contributed by atoms with Gasteiger partial charge in [-0.3, -0.25) is 0 Å². The minimum Gasteiger partial charge on any atom is -0.497 e. The minimum absolute atomic E-state index is 0.612. The molecule has 0 aliphatic carbocycles. The molecule has 0 amide bonds. The zero-order valence-electron chi connectivity index (χ0n) is 11.3. The van der Waals surface area contributed by atoms with Crippen molar-refractivity contribution in [2.24, 2.45) is 0 Å². The number of rotatable bonds is 7. The molecule has 2 nitrogen and oxygen atoms in total. The highest BCUT2D eigenvalue weighted by Gasteiger charge is 2.25. The van der Waals surface area contributed by atoms with Crippen LogP contribution >= 0.6 is 0 Å². The van der Waals surface area contributed by atoms with Crippen molar-refractivity contribution in [3.63, 3.8) is 0 Å². The van der Waals surface area contributed by atoms with E-state index in [1.165, 1.54) is 0 Å². The third-order valence-corrected chi connectivity index (χ3v) is 3.12. The van der Waals surface area contributed by atoms with Crippen molar-refractivity contribution in [2.45, 2.75) is 44.6 Å². The summed E-state index contributed by atoms with van der Waals surface area (Å²) in [5.41, 5.74) is 0.385. The molecule has 1 N–H and O–H groups in total. The Morgan fingerprint density at radius 3 is 2.78 bits per heavy atom. The van der Waals surface area contributed by atoms with Crippen LogP contribution in [0.2, 0.25) is 0 Å². The number of methoxy groups -OCH3 is 1. The molecule has 2 heteroatoms. The number of benzene rings is 1. The average Bonchev–Trinajstić information content (AvgIpc) is 2.37. The molecule has 0 aromatic heterocycles. The number of aliphatic hydroxyl groups is 1. The number of hydrogen-bond acceptors (Lipinski definition) is 2. The molecule has 0 heterocycles. The molecule has 0 fully saturated rings. The van der Waals surface area contributed by atoms with Crippen molar-refractivity contribution in [3.05, 3.63) is 29.8 Å². The third-order valence-electron chi connectivity index (χ3n) is 3.12.